The first kappa shape index (κ1) is 19.4. The minimum atomic E-state index is -4.46. The van der Waals surface area contributed by atoms with Crippen LogP contribution in [0, 0.1) is 12.3 Å². The van der Waals surface area contributed by atoms with Crippen molar-refractivity contribution in [2.75, 3.05) is 6.61 Å². The fourth-order valence-electron chi connectivity index (χ4n) is 4.15. The summed E-state index contributed by atoms with van der Waals surface area (Å²) in [6, 6.07) is 9.26. The van der Waals surface area contributed by atoms with Crippen LogP contribution in [0.2, 0.25) is 0 Å². The lowest BCUT2D eigenvalue weighted by Gasteiger charge is -2.12. The molecule has 2 aliphatic carbocycles. The predicted octanol–water partition coefficient (Wildman–Crippen LogP) is 6.19. The van der Waals surface area contributed by atoms with E-state index in [0.29, 0.717) is 23.9 Å². The summed E-state index contributed by atoms with van der Waals surface area (Å²) in [5.74, 6) is 1.01. The maximum absolute atomic E-state index is 13.2. The number of benzene rings is 2. The van der Waals surface area contributed by atoms with Crippen molar-refractivity contribution in [3.05, 3.63) is 59.6 Å². The molecule has 0 atom stereocenters. The first-order valence-corrected chi connectivity index (χ1v) is 10.6. The van der Waals surface area contributed by atoms with Gasteiger partial charge in [0.15, 0.2) is 0 Å². The van der Waals surface area contributed by atoms with Gasteiger partial charge in [0.1, 0.15) is 5.75 Å². The van der Waals surface area contributed by atoms with E-state index in [9.17, 15) is 13.2 Å². The van der Waals surface area contributed by atoms with Crippen molar-refractivity contribution in [1.82, 2.24) is 15.1 Å². The lowest BCUT2D eigenvalue weighted by atomic mass is 10.1. The quantitative estimate of drug-likeness (QED) is 0.404. The number of nitrogens with one attached hydrogen (secondary N) is 1. The molecular formula is C24H19F3N3O2. The summed E-state index contributed by atoms with van der Waals surface area (Å²) in [5.41, 5.74) is 3.87. The molecular weight excluding hydrogens is 419 g/mol. The number of aryl methyl sites for hydroxylation is 1. The van der Waals surface area contributed by atoms with Crippen molar-refractivity contribution in [1.29, 1.82) is 0 Å². The minimum Gasteiger partial charge on any atom is -0.492 e. The highest BCUT2D eigenvalue weighted by Gasteiger charge is 2.32. The summed E-state index contributed by atoms with van der Waals surface area (Å²) in [6.45, 7) is 0.377. The molecule has 0 bridgehead atoms. The highest BCUT2D eigenvalue weighted by atomic mass is 19.4. The van der Waals surface area contributed by atoms with Crippen molar-refractivity contribution in [2.24, 2.45) is 5.92 Å². The molecule has 6 rings (SSSR count). The van der Waals surface area contributed by atoms with Crippen LogP contribution in [0.15, 0.2) is 40.9 Å². The van der Waals surface area contributed by atoms with Crippen LogP contribution in [-0.2, 0) is 12.6 Å². The second-order valence-corrected chi connectivity index (χ2v) is 8.41. The zero-order valence-electron chi connectivity index (χ0n) is 17.0. The van der Waals surface area contributed by atoms with Gasteiger partial charge < -0.3 is 14.2 Å². The van der Waals surface area contributed by atoms with Gasteiger partial charge in [-0.15, -0.1) is 0 Å². The molecule has 2 aromatic carbocycles. The van der Waals surface area contributed by atoms with E-state index >= 15 is 0 Å². The number of fused-ring (bicyclic) bond motifs is 3. The van der Waals surface area contributed by atoms with Crippen molar-refractivity contribution in [3.8, 4) is 28.6 Å². The van der Waals surface area contributed by atoms with E-state index in [4.69, 9.17) is 9.26 Å². The maximum atomic E-state index is 13.2. The SMILES string of the molecule is FC(F)(F)c1ccc(-c2nc(-c3ccc4[nH]c5c(c4c3)CC[CH]5)no2)c(OCC2CC2)c1. The Morgan fingerprint density at radius 2 is 2.00 bits per heavy atom. The van der Waals surface area contributed by atoms with Gasteiger partial charge in [-0.25, -0.2) is 0 Å². The number of H-pyrrole nitrogens is 1. The topological polar surface area (TPSA) is 63.9 Å². The van der Waals surface area contributed by atoms with Crippen LogP contribution >= 0.6 is 0 Å². The third-order valence-electron chi connectivity index (χ3n) is 6.08. The molecule has 0 unspecified atom stereocenters. The van der Waals surface area contributed by atoms with Crippen LogP contribution in [0.25, 0.3) is 33.7 Å². The number of halogens is 3. The summed E-state index contributed by atoms with van der Waals surface area (Å²) in [7, 11) is 0. The van der Waals surface area contributed by atoms with Gasteiger partial charge in [0.05, 0.1) is 17.7 Å². The van der Waals surface area contributed by atoms with Gasteiger partial charge in [-0.2, -0.15) is 18.2 Å². The summed E-state index contributed by atoms with van der Waals surface area (Å²) >= 11 is 0. The first-order valence-electron chi connectivity index (χ1n) is 10.6. The second-order valence-electron chi connectivity index (χ2n) is 8.41. The molecule has 2 heterocycles. The van der Waals surface area contributed by atoms with E-state index in [2.05, 4.69) is 21.5 Å². The lowest BCUT2D eigenvalue weighted by molar-refractivity contribution is -0.137. The summed E-state index contributed by atoms with van der Waals surface area (Å²) in [6.07, 6.45) is 1.80. The Morgan fingerprint density at radius 3 is 2.81 bits per heavy atom. The fourth-order valence-corrected chi connectivity index (χ4v) is 4.15. The monoisotopic (exact) mass is 438 g/mol. The number of nitrogens with zero attached hydrogens (tertiary/aromatic N) is 2. The zero-order valence-corrected chi connectivity index (χ0v) is 17.0. The van der Waals surface area contributed by atoms with E-state index < -0.39 is 11.7 Å². The number of aromatic amines is 1. The Kier molecular flexibility index (Phi) is 4.31. The van der Waals surface area contributed by atoms with Crippen molar-refractivity contribution in [3.63, 3.8) is 0 Å². The van der Waals surface area contributed by atoms with Gasteiger partial charge in [0, 0.05) is 28.6 Å². The van der Waals surface area contributed by atoms with Crippen LogP contribution in [0.1, 0.15) is 36.1 Å². The summed E-state index contributed by atoms with van der Waals surface area (Å²) in [5, 5.41) is 5.21. The van der Waals surface area contributed by atoms with Gasteiger partial charge >= 0.3 is 6.18 Å². The average Bonchev–Trinajstić information content (AvgIpc) is 3.14. The molecule has 1 N–H and O–H groups in total. The molecule has 0 spiro atoms. The van der Waals surface area contributed by atoms with E-state index in [1.54, 1.807) is 0 Å². The zero-order chi connectivity index (χ0) is 21.9. The molecule has 1 saturated carbocycles. The van der Waals surface area contributed by atoms with Gasteiger partial charge in [-0.3, -0.25) is 0 Å². The molecule has 8 heteroatoms. The number of hydrogen-bond acceptors (Lipinski definition) is 4. The number of aromatic nitrogens is 3. The summed E-state index contributed by atoms with van der Waals surface area (Å²) in [4.78, 5) is 7.88. The smallest absolute Gasteiger partial charge is 0.416 e. The van der Waals surface area contributed by atoms with Gasteiger partial charge in [-0.05, 0) is 73.6 Å². The molecule has 2 aliphatic rings. The Balaban J connectivity index is 1.36. The molecule has 32 heavy (non-hydrogen) atoms. The third-order valence-corrected chi connectivity index (χ3v) is 6.08. The predicted molar refractivity (Wildman–Crippen MR) is 112 cm³/mol. The molecule has 1 fully saturated rings. The third kappa shape index (κ3) is 3.43. The van der Waals surface area contributed by atoms with E-state index in [1.807, 2.05) is 18.2 Å². The van der Waals surface area contributed by atoms with Crippen molar-refractivity contribution >= 4 is 10.9 Å². The van der Waals surface area contributed by atoms with Crippen LogP contribution in [0.3, 0.4) is 0 Å². The largest absolute Gasteiger partial charge is 0.492 e. The standard InChI is InChI=1S/C24H19F3N3O2/c25-24(26,27)15-7-8-17(21(11-15)31-12-13-4-5-13)23-29-22(30-32-23)14-6-9-20-18(10-14)16-2-1-3-19(16)28-20/h3,6-11,13,28H,1-2,4-5,12H2. The molecule has 0 aliphatic heterocycles. The first-order chi connectivity index (χ1) is 15.5. The number of alkyl halides is 3. The molecule has 1 radical (unpaired) electrons. The lowest BCUT2D eigenvalue weighted by Crippen LogP contribution is -2.07. The highest BCUT2D eigenvalue weighted by Crippen LogP contribution is 2.39. The molecule has 4 aromatic rings. The van der Waals surface area contributed by atoms with Crippen molar-refractivity contribution < 1.29 is 22.4 Å². The Hall–Kier alpha value is -3.29. The van der Waals surface area contributed by atoms with E-state index in [-0.39, 0.29) is 11.6 Å². The molecule has 163 valence electrons. The van der Waals surface area contributed by atoms with Crippen LogP contribution < -0.4 is 4.74 Å². The molecule has 0 saturated heterocycles. The molecule has 0 amide bonds. The van der Waals surface area contributed by atoms with E-state index in [0.717, 1.165) is 60.0 Å². The number of ether oxygens (including phenoxy) is 1. The highest BCUT2D eigenvalue weighted by molar-refractivity contribution is 5.89. The van der Waals surface area contributed by atoms with E-state index in [1.165, 1.54) is 11.6 Å². The van der Waals surface area contributed by atoms with Crippen LogP contribution in [0.4, 0.5) is 13.2 Å². The van der Waals surface area contributed by atoms with Crippen LogP contribution in [0.5, 0.6) is 5.75 Å². The Morgan fingerprint density at radius 1 is 1.12 bits per heavy atom. The maximum Gasteiger partial charge on any atom is 0.416 e. The van der Waals surface area contributed by atoms with Crippen LogP contribution in [-0.4, -0.2) is 21.7 Å². The fraction of sp³-hybridized carbons (Fsp3) is 0.292. The number of rotatable bonds is 5. The van der Waals surface area contributed by atoms with Crippen molar-refractivity contribution in [2.45, 2.75) is 31.9 Å². The van der Waals surface area contributed by atoms with Gasteiger partial charge in [-0.1, -0.05) is 5.16 Å². The number of hydrogen-bond donors (Lipinski definition) is 1. The minimum absolute atomic E-state index is 0.108. The second kappa shape index (κ2) is 7.12. The normalized spacial score (nSPS) is 16.0. The molecule has 5 nitrogen and oxygen atoms in total. The summed E-state index contributed by atoms with van der Waals surface area (Å²) < 4.78 is 50.8. The Bertz CT molecular complexity index is 1320. The van der Waals surface area contributed by atoms with Gasteiger partial charge in [0.2, 0.25) is 5.82 Å². The molecule has 2 aromatic heterocycles. The average molecular weight is 438 g/mol. The van der Waals surface area contributed by atoms with Gasteiger partial charge in [0.25, 0.3) is 5.89 Å². The Labute approximate surface area is 181 Å².